The summed E-state index contributed by atoms with van der Waals surface area (Å²) < 4.78 is 0. The monoisotopic (exact) mass is 173 g/mol. The molecule has 12 heavy (non-hydrogen) atoms. The smallest absolute Gasteiger partial charge is 0.119 e. The van der Waals surface area contributed by atoms with Gasteiger partial charge in [-0.25, -0.2) is 0 Å². The van der Waals surface area contributed by atoms with Crippen LogP contribution in [-0.4, -0.2) is 60.4 Å². The maximum absolute atomic E-state index is 9.42. The molecule has 1 aliphatic rings. The van der Waals surface area contributed by atoms with Crippen molar-refractivity contribution in [3.63, 3.8) is 0 Å². The first-order valence-corrected chi connectivity index (χ1v) is 4.62. The van der Waals surface area contributed by atoms with Gasteiger partial charge >= 0.3 is 0 Å². The summed E-state index contributed by atoms with van der Waals surface area (Å²) in [5.74, 6) is 0. The third kappa shape index (κ3) is 2.42. The van der Waals surface area contributed by atoms with Gasteiger partial charge in [0.1, 0.15) is 6.23 Å². The van der Waals surface area contributed by atoms with Crippen LogP contribution >= 0.6 is 0 Å². The lowest BCUT2D eigenvalue weighted by atomic mass is 10.3. The molecule has 1 saturated heterocycles. The predicted octanol–water partition coefficient (Wildman–Crippen LogP) is -1.10. The number of piperazine rings is 1. The Labute approximate surface area is 73.9 Å². The summed E-state index contributed by atoms with van der Waals surface area (Å²) in [6.07, 6.45) is -0.441. The van der Waals surface area contributed by atoms with Crippen molar-refractivity contribution in [1.82, 2.24) is 9.80 Å². The molecule has 1 unspecified atom stereocenters. The normalized spacial score (nSPS) is 24.2. The van der Waals surface area contributed by atoms with E-state index in [2.05, 4.69) is 11.8 Å². The molecule has 1 fully saturated rings. The number of likely N-dealkylation sites (N-methyl/N-ethyl adjacent to an activating group) is 1. The summed E-state index contributed by atoms with van der Waals surface area (Å²) in [5.41, 5.74) is 5.36. The van der Waals surface area contributed by atoms with Crippen molar-refractivity contribution in [3.8, 4) is 0 Å². The highest BCUT2D eigenvalue weighted by Crippen LogP contribution is 2.03. The van der Waals surface area contributed by atoms with Crippen LogP contribution in [0.15, 0.2) is 0 Å². The Morgan fingerprint density at radius 2 is 1.92 bits per heavy atom. The lowest BCUT2D eigenvalue weighted by molar-refractivity contribution is -0.0179. The van der Waals surface area contributed by atoms with Crippen molar-refractivity contribution in [2.45, 2.75) is 13.2 Å². The Balaban J connectivity index is 2.25. The van der Waals surface area contributed by atoms with Crippen LogP contribution in [-0.2, 0) is 0 Å². The van der Waals surface area contributed by atoms with Gasteiger partial charge in [-0.3, -0.25) is 4.90 Å². The summed E-state index contributed by atoms with van der Waals surface area (Å²) in [6, 6.07) is 0. The van der Waals surface area contributed by atoms with E-state index in [1.807, 2.05) is 4.90 Å². The van der Waals surface area contributed by atoms with Crippen LogP contribution in [0, 0.1) is 0 Å². The van der Waals surface area contributed by atoms with E-state index in [0.717, 1.165) is 32.7 Å². The highest BCUT2D eigenvalue weighted by atomic mass is 16.3. The third-order valence-corrected chi connectivity index (χ3v) is 2.49. The van der Waals surface area contributed by atoms with Crippen LogP contribution in [0.5, 0.6) is 0 Å². The van der Waals surface area contributed by atoms with Gasteiger partial charge in [-0.15, -0.1) is 0 Å². The Morgan fingerprint density at radius 3 is 2.33 bits per heavy atom. The largest absolute Gasteiger partial charge is 0.377 e. The first kappa shape index (κ1) is 9.92. The van der Waals surface area contributed by atoms with Crippen molar-refractivity contribution >= 4 is 0 Å². The van der Waals surface area contributed by atoms with Crippen molar-refractivity contribution in [1.29, 1.82) is 0 Å². The van der Waals surface area contributed by atoms with Gasteiger partial charge in [0.2, 0.25) is 0 Å². The fourth-order valence-electron chi connectivity index (χ4n) is 1.53. The van der Waals surface area contributed by atoms with Crippen LogP contribution in [0.2, 0.25) is 0 Å². The van der Waals surface area contributed by atoms with Crippen LogP contribution in [0.25, 0.3) is 0 Å². The number of nitrogens with two attached hydrogens (primary N) is 1. The number of aliphatic hydroxyl groups excluding tert-OH is 1. The lowest BCUT2D eigenvalue weighted by Crippen LogP contribution is -2.52. The van der Waals surface area contributed by atoms with Crippen LogP contribution < -0.4 is 5.73 Å². The van der Waals surface area contributed by atoms with E-state index >= 15 is 0 Å². The average molecular weight is 173 g/mol. The quantitative estimate of drug-likeness (QED) is 0.569. The molecular weight excluding hydrogens is 154 g/mol. The van der Waals surface area contributed by atoms with Gasteiger partial charge in [-0.2, -0.15) is 0 Å². The van der Waals surface area contributed by atoms with Crippen molar-refractivity contribution in [2.75, 3.05) is 39.3 Å². The van der Waals surface area contributed by atoms with E-state index in [-0.39, 0.29) is 0 Å². The molecule has 4 heteroatoms. The highest BCUT2D eigenvalue weighted by molar-refractivity contribution is 4.72. The van der Waals surface area contributed by atoms with Crippen LogP contribution in [0.1, 0.15) is 6.92 Å². The molecule has 3 N–H and O–H groups in total. The average Bonchev–Trinajstić information content (AvgIpc) is 2.17. The Hall–Kier alpha value is -0.160. The van der Waals surface area contributed by atoms with Crippen molar-refractivity contribution < 1.29 is 5.11 Å². The summed E-state index contributed by atoms with van der Waals surface area (Å²) in [6.45, 7) is 7.58. The van der Waals surface area contributed by atoms with Gasteiger partial charge in [0, 0.05) is 32.7 Å². The fraction of sp³-hybridized carbons (Fsp3) is 1.00. The second-order valence-electron chi connectivity index (χ2n) is 3.19. The molecule has 1 heterocycles. The lowest BCUT2D eigenvalue weighted by Gasteiger charge is -2.36. The zero-order chi connectivity index (χ0) is 8.97. The second kappa shape index (κ2) is 4.77. The molecule has 0 aromatic heterocycles. The minimum atomic E-state index is -0.441. The van der Waals surface area contributed by atoms with E-state index in [9.17, 15) is 5.11 Å². The van der Waals surface area contributed by atoms with Gasteiger partial charge in [-0.1, -0.05) is 6.92 Å². The predicted molar refractivity (Wildman–Crippen MR) is 48.7 cm³/mol. The van der Waals surface area contributed by atoms with Gasteiger partial charge in [-0.05, 0) is 6.54 Å². The summed E-state index contributed by atoms with van der Waals surface area (Å²) in [7, 11) is 0. The molecule has 0 radical (unpaired) electrons. The van der Waals surface area contributed by atoms with Crippen molar-refractivity contribution in [2.24, 2.45) is 5.73 Å². The number of nitrogens with zero attached hydrogens (tertiary/aromatic N) is 2. The molecule has 72 valence electrons. The number of rotatable bonds is 3. The Bertz CT molecular complexity index is 123. The van der Waals surface area contributed by atoms with E-state index in [4.69, 9.17) is 5.73 Å². The molecule has 1 aliphatic heterocycles. The molecule has 0 bridgehead atoms. The second-order valence-corrected chi connectivity index (χ2v) is 3.19. The topological polar surface area (TPSA) is 52.7 Å². The maximum atomic E-state index is 9.42. The van der Waals surface area contributed by atoms with Crippen LogP contribution in [0.3, 0.4) is 0 Å². The number of hydrogen-bond donors (Lipinski definition) is 2. The standard InChI is InChI=1S/C8H19N3O/c1-2-10-3-5-11(6-4-10)8(12)7-9/h8,12H,2-7,9H2,1H3. The van der Waals surface area contributed by atoms with Crippen molar-refractivity contribution in [3.05, 3.63) is 0 Å². The third-order valence-electron chi connectivity index (χ3n) is 2.49. The number of aliphatic hydroxyl groups is 1. The van der Waals surface area contributed by atoms with Gasteiger partial charge < -0.3 is 15.7 Å². The van der Waals surface area contributed by atoms with E-state index in [0.29, 0.717) is 6.54 Å². The van der Waals surface area contributed by atoms with E-state index in [1.54, 1.807) is 0 Å². The molecule has 1 rings (SSSR count). The summed E-state index contributed by atoms with van der Waals surface area (Å²) in [5, 5.41) is 9.42. The Morgan fingerprint density at radius 1 is 1.33 bits per heavy atom. The van der Waals surface area contributed by atoms with E-state index < -0.39 is 6.23 Å². The van der Waals surface area contributed by atoms with E-state index in [1.165, 1.54) is 0 Å². The zero-order valence-corrected chi connectivity index (χ0v) is 7.74. The molecule has 0 spiro atoms. The van der Waals surface area contributed by atoms with Crippen LogP contribution in [0.4, 0.5) is 0 Å². The Kier molecular flexibility index (Phi) is 3.94. The first-order chi connectivity index (χ1) is 5.77. The zero-order valence-electron chi connectivity index (χ0n) is 7.74. The molecule has 0 amide bonds. The SMILES string of the molecule is CCN1CCN(C(O)CN)CC1. The summed E-state index contributed by atoms with van der Waals surface area (Å²) in [4.78, 5) is 4.41. The minimum Gasteiger partial charge on any atom is -0.377 e. The van der Waals surface area contributed by atoms with Gasteiger partial charge in [0.05, 0.1) is 0 Å². The minimum absolute atomic E-state index is 0.339. The molecule has 0 aliphatic carbocycles. The highest BCUT2D eigenvalue weighted by Gasteiger charge is 2.19. The summed E-state index contributed by atoms with van der Waals surface area (Å²) >= 11 is 0. The van der Waals surface area contributed by atoms with Gasteiger partial charge in [0.25, 0.3) is 0 Å². The van der Waals surface area contributed by atoms with Gasteiger partial charge in [0.15, 0.2) is 0 Å². The molecule has 0 aromatic carbocycles. The molecule has 0 saturated carbocycles. The first-order valence-electron chi connectivity index (χ1n) is 4.62. The molecule has 4 nitrogen and oxygen atoms in total. The molecular formula is C8H19N3O. The maximum Gasteiger partial charge on any atom is 0.119 e. The molecule has 1 atom stereocenters. The number of hydrogen-bond acceptors (Lipinski definition) is 4. The fourth-order valence-corrected chi connectivity index (χ4v) is 1.53. The molecule has 0 aromatic rings.